The minimum Gasteiger partial charge on any atom is -0.308 e. The van der Waals surface area contributed by atoms with Crippen LogP contribution >= 0.6 is 0 Å². The Bertz CT molecular complexity index is 1180. The zero-order chi connectivity index (χ0) is 20.2. The second kappa shape index (κ2) is 8.28. The monoisotopic (exact) mass is 380 g/mol. The van der Waals surface area contributed by atoms with Crippen LogP contribution < -0.4 is 0 Å². The van der Waals surface area contributed by atoms with Crippen LogP contribution in [0.5, 0.6) is 0 Å². The fourth-order valence-corrected chi connectivity index (χ4v) is 3.71. The Labute approximate surface area is 171 Å². The van der Waals surface area contributed by atoms with Gasteiger partial charge in [-0.15, -0.1) is 0 Å². The third-order valence-corrected chi connectivity index (χ3v) is 5.30. The molecular formula is C25H24N4. The standard InChI is InChI=1S/C25H24N4/c1-3-4-10-23-28-24-18(2)13-14-27-25(24)29(23)17-19-11-12-22(21(15-19)16-26)20-8-6-5-7-9-20/h5-9,11-15H,3-4,10,17H2,1-2H3. The molecule has 4 rings (SSSR count). The highest BCUT2D eigenvalue weighted by molar-refractivity contribution is 5.75. The lowest BCUT2D eigenvalue weighted by molar-refractivity contribution is 0.686. The fourth-order valence-electron chi connectivity index (χ4n) is 3.71. The summed E-state index contributed by atoms with van der Waals surface area (Å²) in [6.07, 6.45) is 5.00. The summed E-state index contributed by atoms with van der Waals surface area (Å²) in [5.41, 5.74) is 6.83. The van der Waals surface area contributed by atoms with Crippen molar-refractivity contribution in [3.05, 3.63) is 83.3 Å². The van der Waals surface area contributed by atoms with Crippen LogP contribution in [0.15, 0.2) is 60.8 Å². The maximum atomic E-state index is 9.73. The van der Waals surface area contributed by atoms with E-state index < -0.39 is 0 Å². The molecule has 0 aliphatic carbocycles. The van der Waals surface area contributed by atoms with Crippen molar-refractivity contribution in [3.63, 3.8) is 0 Å². The second-order valence-corrected chi connectivity index (χ2v) is 7.38. The molecule has 4 heteroatoms. The van der Waals surface area contributed by atoms with E-state index in [9.17, 15) is 5.26 Å². The molecule has 0 amide bonds. The number of rotatable bonds is 6. The molecule has 2 aromatic heterocycles. The first-order valence-electron chi connectivity index (χ1n) is 10.1. The molecule has 0 saturated carbocycles. The van der Waals surface area contributed by atoms with Crippen molar-refractivity contribution in [1.82, 2.24) is 14.5 Å². The molecular weight excluding hydrogens is 356 g/mol. The number of fused-ring (bicyclic) bond motifs is 1. The molecule has 0 aliphatic heterocycles. The van der Waals surface area contributed by atoms with Gasteiger partial charge in [0.25, 0.3) is 0 Å². The van der Waals surface area contributed by atoms with E-state index in [4.69, 9.17) is 4.98 Å². The molecule has 0 aliphatic rings. The van der Waals surface area contributed by atoms with Crippen LogP contribution in [0.4, 0.5) is 0 Å². The summed E-state index contributed by atoms with van der Waals surface area (Å²) >= 11 is 0. The van der Waals surface area contributed by atoms with Gasteiger partial charge in [0.2, 0.25) is 0 Å². The smallest absolute Gasteiger partial charge is 0.160 e. The largest absolute Gasteiger partial charge is 0.308 e. The number of benzene rings is 2. The minimum atomic E-state index is 0.662. The van der Waals surface area contributed by atoms with Crippen LogP contribution in [0.3, 0.4) is 0 Å². The van der Waals surface area contributed by atoms with Crippen LogP contribution in [0, 0.1) is 18.3 Å². The van der Waals surface area contributed by atoms with Gasteiger partial charge in [0, 0.05) is 12.6 Å². The molecule has 2 heterocycles. The third-order valence-electron chi connectivity index (χ3n) is 5.30. The summed E-state index contributed by atoms with van der Waals surface area (Å²) < 4.78 is 2.21. The molecule has 144 valence electrons. The minimum absolute atomic E-state index is 0.662. The zero-order valence-electron chi connectivity index (χ0n) is 16.9. The first-order chi connectivity index (χ1) is 14.2. The molecule has 0 radical (unpaired) electrons. The number of aromatic nitrogens is 3. The molecule has 0 N–H and O–H groups in total. The molecule has 0 spiro atoms. The van der Waals surface area contributed by atoms with E-state index in [1.54, 1.807) is 0 Å². The average molecular weight is 380 g/mol. The molecule has 29 heavy (non-hydrogen) atoms. The highest BCUT2D eigenvalue weighted by Crippen LogP contribution is 2.26. The molecule has 0 atom stereocenters. The zero-order valence-corrected chi connectivity index (χ0v) is 16.9. The van der Waals surface area contributed by atoms with Crippen LogP contribution in [0.25, 0.3) is 22.3 Å². The van der Waals surface area contributed by atoms with Gasteiger partial charge in [0.05, 0.1) is 18.2 Å². The second-order valence-electron chi connectivity index (χ2n) is 7.38. The van der Waals surface area contributed by atoms with E-state index in [0.717, 1.165) is 58.5 Å². The highest BCUT2D eigenvalue weighted by atomic mass is 15.1. The van der Waals surface area contributed by atoms with Crippen molar-refractivity contribution in [2.24, 2.45) is 0 Å². The Kier molecular flexibility index (Phi) is 5.39. The van der Waals surface area contributed by atoms with Crippen molar-refractivity contribution in [3.8, 4) is 17.2 Å². The van der Waals surface area contributed by atoms with Gasteiger partial charge in [-0.2, -0.15) is 5.26 Å². The predicted octanol–water partition coefficient (Wildman–Crippen LogP) is 5.67. The lowest BCUT2D eigenvalue weighted by Gasteiger charge is -2.11. The Morgan fingerprint density at radius 3 is 2.66 bits per heavy atom. The molecule has 0 fully saturated rings. The maximum Gasteiger partial charge on any atom is 0.160 e. The van der Waals surface area contributed by atoms with E-state index >= 15 is 0 Å². The van der Waals surface area contributed by atoms with Crippen molar-refractivity contribution in [2.75, 3.05) is 0 Å². The number of hydrogen-bond donors (Lipinski definition) is 0. The van der Waals surface area contributed by atoms with Crippen molar-refractivity contribution < 1.29 is 0 Å². The van der Waals surface area contributed by atoms with E-state index in [-0.39, 0.29) is 0 Å². The van der Waals surface area contributed by atoms with Gasteiger partial charge in [0.1, 0.15) is 11.3 Å². The maximum absolute atomic E-state index is 9.73. The number of nitrogens with zero attached hydrogens (tertiary/aromatic N) is 4. The van der Waals surface area contributed by atoms with Gasteiger partial charge < -0.3 is 4.57 Å². The Morgan fingerprint density at radius 2 is 1.90 bits per heavy atom. The summed E-state index contributed by atoms with van der Waals surface area (Å²) in [5, 5.41) is 9.73. The quantitative estimate of drug-likeness (QED) is 0.433. The topological polar surface area (TPSA) is 54.5 Å². The number of pyridine rings is 1. The summed E-state index contributed by atoms with van der Waals surface area (Å²) in [5.74, 6) is 1.06. The molecule has 4 aromatic rings. The number of aryl methyl sites for hydroxylation is 2. The predicted molar refractivity (Wildman–Crippen MR) is 117 cm³/mol. The van der Waals surface area contributed by atoms with Gasteiger partial charge >= 0.3 is 0 Å². The van der Waals surface area contributed by atoms with Crippen LogP contribution in [0.1, 0.15) is 42.3 Å². The molecule has 0 unspecified atom stereocenters. The van der Waals surface area contributed by atoms with Crippen LogP contribution in [-0.2, 0) is 13.0 Å². The number of hydrogen-bond acceptors (Lipinski definition) is 3. The summed E-state index contributed by atoms with van der Waals surface area (Å²) in [7, 11) is 0. The molecule has 0 bridgehead atoms. The number of nitriles is 1. The number of unbranched alkanes of at least 4 members (excludes halogenated alkanes) is 1. The van der Waals surface area contributed by atoms with Crippen molar-refractivity contribution in [1.29, 1.82) is 5.26 Å². The van der Waals surface area contributed by atoms with Gasteiger partial charge in [0.15, 0.2) is 5.65 Å². The molecule has 2 aromatic carbocycles. The van der Waals surface area contributed by atoms with E-state index in [1.807, 2.05) is 54.7 Å². The Balaban J connectivity index is 1.75. The fraction of sp³-hybridized carbons (Fsp3) is 0.240. The van der Waals surface area contributed by atoms with Gasteiger partial charge in [-0.1, -0.05) is 55.8 Å². The van der Waals surface area contributed by atoms with E-state index in [1.165, 1.54) is 0 Å². The van der Waals surface area contributed by atoms with Gasteiger partial charge in [-0.25, -0.2) is 9.97 Å². The summed E-state index contributed by atoms with van der Waals surface area (Å²) in [4.78, 5) is 9.50. The number of imidazole rings is 1. The molecule has 0 saturated heterocycles. The Hall–Kier alpha value is -3.45. The first-order valence-corrected chi connectivity index (χ1v) is 10.1. The van der Waals surface area contributed by atoms with Crippen molar-refractivity contribution >= 4 is 11.2 Å². The van der Waals surface area contributed by atoms with Crippen LogP contribution in [-0.4, -0.2) is 14.5 Å². The normalized spacial score (nSPS) is 10.9. The lowest BCUT2D eigenvalue weighted by atomic mass is 9.98. The average Bonchev–Trinajstić information content (AvgIpc) is 3.11. The Morgan fingerprint density at radius 1 is 1.07 bits per heavy atom. The van der Waals surface area contributed by atoms with Crippen molar-refractivity contribution in [2.45, 2.75) is 39.7 Å². The summed E-state index contributed by atoms with van der Waals surface area (Å²) in [6, 6.07) is 20.6. The van der Waals surface area contributed by atoms with Gasteiger partial charge in [-0.05, 0) is 47.7 Å². The lowest BCUT2D eigenvalue weighted by Crippen LogP contribution is -2.06. The van der Waals surface area contributed by atoms with Crippen LogP contribution in [0.2, 0.25) is 0 Å². The summed E-state index contributed by atoms with van der Waals surface area (Å²) in [6.45, 7) is 4.93. The van der Waals surface area contributed by atoms with E-state index in [0.29, 0.717) is 12.1 Å². The highest BCUT2D eigenvalue weighted by Gasteiger charge is 2.14. The first kappa shape index (κ1) is 18.9. The van der Waals surface area contributed by atoms with Gasteiger partial charge in [-0.3, -0.25) is 0 Å². The molecule has 4 nitrogen and oxygen atoms in total. The van der Waals surface area contributed by atoms with E-state index in [2.05, 4.69) is 35.5 Å². The SMILES string of the molecule is CCCCc1nc2c(C)ccnc2n1Cc1ccc(-c2ccccc2)c(C#N)c1. The third kappa shape index (κ3) is 3.77.